The van der Waals surface area contributed by atoms with Crippen molar-refractivity contribution in [1.29, 1.82) is 0 Å². The molecule has 2 saturated heterocycles. The van der Waals surface area contributed by atoms with Gasteiger partial charge in [-0.3, -0.25) is 9.69 Å². The molecule has 1 atom stereocenters. The van der Waals surface area contributed by atoms with Crippen molar-refractivity contribution in [3.8, 4) is 0 Å². The third kappa shape index (κ3) is 6.19. The molecule has 194 valence electrons. The fourth-order valence-corrected chi connectivity index (χ4v) is 4.90. The van der Waals surface area contributed by atoms with Crippen LogP contribution in [0, 0.1) is 5.82 Å². The summed E-state index contributed by atoms with van der Waals surface area (Å²) in [4.78, 5) is 42.1. The molecule has 0 spiro atoms. The highest BCUT2D eigenvalue weighted by molar-refractivity contribution is 7.18. The summed E-state index contributed by atoms with van der Waals surface area (Å²) in [5.74, 6) is -0.777. The number of piperazine rings is 1. The van der Waals surface area contributed by atoms with Crippen molar-refractivity contribution in [1.82, 2.24) is 10.2 Å². The summed E-state index contributed by atoms with van der Waals surface area (Å²) in [7, 11) is 0. The molecule has 0 unspecified atom stereocenters. The molecule has 4 rings (SSSR count). The lowest BCUT2D eigenvalue weighted by molar-refractivity contribution is 0.0240. The average Bonchev–Trinajstić information content (AvgIpc) is 3.42. The van der Waals surface area contributed by atoms with Crippen LogP contribution in [0.2, 0.25) is 4.34 Å². The van der Waals surface area contributed by atoms with Crippen molar-refractivity contribution < 1.29 is 28.2 Å². The Morgan fingerprint density at radius 1 is 1.19 bits per heavy atom. The Balaban J connectivity index is 1.32. The summed E-state index contributed by atoms with van der Waals surface area (Å²) >= 11 is 7.02. The smallest absolute Gasteiger partial charge is 0.414 e. The van der Waals surface area contributed by atoms with Crippen LogP contribution in [0.25, 0.3) is 0 Å². The van der Waals surface area contributed by atoms with E-state index in [0.717, 1.165) is 11.3 Å². The summed E-state index contributed by atoms with van der Waals surface area (Å²) in [5, 5.41) is 2.73. The Hall–Kier alpha value is -3.05. The molecule has 0 saturated carbocycles. The fourth-order valence-electron chi connectivity index (χ4n) is 3.95. The van der Waals surface area contributed by atoms with E-state index in [1.54, 1.807) is 29.2 Å². The number of thiophene rings is 1. The Bertz CT molecular complexity index is 1150. The number of hydrogen-bond acceptors (Lipinski definition) is 7. The number of ether oxygens (including phenoxy) is 2. The molecular weight excluding hydrogens is 511 g/mol. The van der Waals surface area contributed by atoms with Gasteiger partial charge in [0.15, 0.2) is 0 Å². The quantitative estimate of drug-likeness (QED) is 0.608. The van der Waals surface area contributed by atoms with Crippen molar-refractivity contribution in [3.05, 3.63) is 45.4 Å². The predicted molar refractivity (Wildman–Crippen MR) is 136 cm³/mol. The first-order valence-electron chi connectivity index (χ1n) is 11.5. The van der Waals surface area contributed by atoms with Gasteiger partial charge < -0.3 is 24.6 Å². The van der Waals surface area contributed by atoms with Gasteiger partial charge in [0.1, 0.15) is 17.5 Å². The van der Waals surface area contributed by atoms with Gasteiger partial charge in [-0.25, -0.2) is 14.0 Å². The molecule has 0 radical (unpaired) electrons. The zero-order valence-electron chi connectivity index (χ0n) is 20.3. The molecule has 0 aliphatic carbocycles. The van der Waals surface area contributed by atoms with Gasteiger partial charge in [0.2, 0.25) is 0 Å². The maximum atomic E-state index is 15.0. The second kappa shape index (κ2) is 10.5. The molecule has 1 N–H and O–H groups in total. The van der Waals surface area contributed by atoms with Gasteiger partial charge in [-0.1, -0.05) is 11.6 Å². The second-order valence-corrected chi connectivity index (χ2v) is 11.2. The van der Waals surface area contributed by atoms with Crippen LogP contribution < -0.4 is 15.1 Å². The molecule has 12 heteroatoms. The number of nitrogens with zero attached hydrogens (tertiary/aromatic N) is 3. The second-order valence-electron chi connectivity index (χ2n) is 9.52. The minimum absolute atomic E-state index is 0.124. The van der Waals surface area contributed by atoms with Gasteiger partial charge in [-0.05, 0) is 51.1 Å². The van der Waals surface area contributed by atoms with E-state index in [9.17, 15) is 14.4 Å². The largest absolute Gasteiger partial charge is 0.444 e. The first-order chi connectivity index (χ1) is 17.0. The first kappa shape index (κ1) is 26.0. The Labute approximate surface area is 217 Å². The molecule has 2 aliphatic heterocycles. The van der Waals surface area contributed by atoms with Crippen LogP contribution in [-0.2, 0) is 9.47 Å². The van der Waals surface area contributed by atoms with Crippen LogP contribution in [0.1, 0.15) is 30.4 Å². The van der Waals surface area contributed by atoms with Gasteiger partial charge in [0, 0.05) is 26.2 Å². The SMILES string of the molecule is CC(C)(C)OC(=O)N1CCN(c2ccc(N3C[C@H](CNC(=O)c4ccc(Cl)s4)OC3=O)cc2F)CC1. The summed E-state index contributed by atoms with van der Waals surface area (Å²) < 4.78 is 26.3. The molecule has 3 heterocycles. The van der Waals surface area contributed by atoms with Crippen LogP contribution in [0.15, 0.2) is 30.3 Å². The van der Waals surface area contributed by atoms with Gasteiger partial charge in [0.05, 0.1) is 33.7 Å². The lowest BCUT2D eigenvalue weighted by Crippen LogP contribution is -2.50. The third-order valence-corrected chi connectivity index (χ3v) is 6.91. The number of nitrogens with one attached hydrogen (secondary N) is 1. The number of benzene rings is 1. The molecule has 3 amide bonds. The maximum absolute atomic E-state index is 15.0. The molecule has 1 aromatic heterocycles. The fraction of sp³-hybridized carbons (Fsp3) is 0.458. The van der Waals surface area contributed by atoms with Gasteiger partial charge in [0.25, 0.3) is 5.91 Å². The normalized spacial score (nSPS) is 18.3. The monoisotopic (exact) mass is 538 g/mol. The molecule has 9 nitrogen and oxygen atoms in total. The number of amides is 3. The number of cyclic esters (lactones) is 1. The van der Waals surface area contributed by atoms with Crippen LogP contribution in [0.5, 0.6) is 0 Å². The summed E-state index contributed by atoms with van der Waals surface area (Å²) in [6, 6.07) is 7.84. The van der Waals surface area contributed by atoms with Crippen molar-refractivity contribution in [2.75, 3.05) is 49.1 Å². The number of carbonyl (C=O) groups is 3. The first-order valence-corrected chi connectivity index (χ1v) is 12.7. The van der Waals surface area contributed by atoms with Crippen LogP contribution >= 0.6 is 22.9 Å². The number of rotatable bonds is 5. The summed E-state index contributed by atoms with van der Waals surface area (Å²) in [5.41, 5.74) is 0.191. The van der Waals surface area contributed by atoms with E-state index < -0.39 is 23.6 Å². The Kier molecular flexibility index (Phi) is 7.60. The lowest BCUT2D eigenvalue weighted by atomic mass is 10.2. The molecule has 1 aromatic carbocycles. The van der Waals surface area contributed by atoms with E-state index in [2.05, 4.69) is 5.32 Å². The number of anilines is 2. The Morgan fingerprint density at radius 3 is 2.53 bits per heavy atom. The van der Waals surface area contributed by atoms with Crippen LogP contribution in [0.4, 0.5) is 25.4 Å². The van der Waals surface area contributed by atoms with E-state index in [0.29, 0.717) is 46.8 Å². The molecule has 2 fully saturated rings. The topological polar surface area (TPSA) is 91.4 Å². The van der Waals surface area contributed by atoms with Gasteiger partial charge in [-0.2, -0.15) is 0 Å². The average molecular weight is 539 g/mol. The highest BCUT2D eigenvalue weighted by Gasteiger charge is 2.33. The summed E-state index contributed by atoms with van der Waals surface area (Å²) in [6.07, 6.45) is -1.55. The van der Waals surface area contributed by atoms with Crippen LogP contribution in [0.3, 0.4) is 0 Å². The van der Waals surface area contributed by atoms with E-state index in [-0.39, 0.29) is 25.1 Å². The minimum atomic E-state index is -0.605. The number of carbonyl (C=O) groups excluding carboxylic acids is 3. The van der Waals surface area contributed by atoms with Crippen molar-refractivity contribution in [2.24, 2.45) is 0 Å². The summed E-state index contributed by atoms with van der Waals surface area (Å²) in [6.45, 7) is 7.49. The zero-order valence-corrected chi connectivity index (χ0v) is 21.8. The third-order valence-electron chi connectivity index (χ3n) is 5.68. The molecule has 2 aromatic rings. The molecule has 2 aliphatic rings. The van der Waals surface area contributed by atoms with E-state index in [1.165, 1.54) is 11.0 Å². The highest BCUT2D eigenvalue weighted by atomic mass is 35.5. The predicted octanol–water partition coefficient (Wildman–Crippen LogP) is 4.35. The number of hydrogen-bond donors (Lipinski definition) is 1. The molecule has 36 heavy (non-hydrogen) atoms. The molecular formula is C24H28ClFN4O5S. The lowest BCUT2D eigenvalue weighted by Gasteiger charge is -2.37. The minimum Gasteiger partial charge on any atom is -0.444 e. The van der Waals surface area contributed by atoms with Gasteiger partial charge in [-0.15, -0.1) is 11.3 Å². The maximum Gasteiger partial charge on any atom is 0.414 e. The van der Waals surface area contributed by atoms with E-state index >= 15 is 4.39 Å². The van der Waals surface area contributed by atoms with Crippen molar-refractivity contribution in [2.45, 2.75) is 32.5 Å². The van der Waals surface area contributed by atoms with E-state index in [1.807, 2.05) is 25.7 Å². The van der Waals surface area contributed by atoms with E-state index in [4.69, 9.17) is 21.1 Å². The van der Waals surface area contributed by atoms with Crippen molar-refractivity contribution in [3.63, 3.8) is 0 Å². The van der Waals surface area contributed by atoms with Crippen molar-refractivity contribution >= 4 is 52.4 Å². The highest BCUT2D eigenvalue weighted by Crippen LogP contribution is 2.29. The number of halogens is 2. The molecule has 0 bridgehead atoms. The standard InChI is InChI=1S/C24H28ClFN4O5S/c1-24(2,3)35-22(32)29-10-8-28(9-11-29)18-5-4-15(12-17(18)26)30-14-16(34-23(30)33)13-27-21(31)19-6-7-20(25)36-19/h4-7,12,16H,8-11,13-14H2,1-3H3,(H,27,31)/t16-/m0/s1. The Morgan fingerprint density at radius 2 is 1.92 bits per heavy atom. The zero-order chi connectivity index (χ0) is 26.0. The van der Waals surface area contributed by atoms with Gasteiger partial charge >= 0.3 is 12.2 Å². The van der Waals surface area contributed by atoms with Crippen LogP contribution in [-0.4, -0.2) is 74.0 Å².